The van der Waals surface area contributed by atoms with Crippen molar-refractivity contribution in [3.05, 3.63) is 71.8 Å². The Morgan fingerprint density at radius 1 is 0.929 bits per heavy atom. The van der Waals surface area contributed by atoms with E-state index in [9.17, 15) is 4.79 Å². The second-order valence-electron chi connectivity index (χ2n) is 8.16. The van der Waals surface area contributed by atoms with Crippen LogP contribution in [0.1, 0.15) is 49.7 Å². The third kappa shape index (κ3) is 4.59. The van der Waals surface area contributed by atoms with Crippen LogP contribution in [0, 0.1) is 0 Å². The van der Waals surface area contributed by atoms with Gasteiger partial charge in [-0.25, -0.2) is 0 Å². The fraction of sp³-hybridized carbons (Fsp3) is 0.458. The highest BCUT2D eigenvalue weighted by Gasteiger charge is 2.43. The van der Waals surface area contributed by atoms with Crippen molar-refractivity contribution in [3.63, 3.8) is 0 Å². The molecule has 0 aromatic heterocycles. The Labute approximate surface area is 174 Å². The highest BCUT2D eigenvalue weighted by molar-refractivity contribution is 5.88. The molecule has 1 amide bonds. The molecule has 3 nitrogen and oxygen atoms in total. The molecule has 4 rings (SSSR count). The Morgan fingerprint density at radius 3 is 2.11 bits per heavy atom. The van der Waals surface area contributed by atoms with Crippen molar-refractivity contribution in [3.8, 4) is 0 Å². The Bertz CT molecular complexity index is 736. The van der Waals surface area contributed by atoms with Gasteiger partial charge in [0, 0.05) is 25.7 Å². The minimum atomic E-state index is -0.303. The minimum Gasteiger partial charge on any atom is -0.353 e. The van der Waals surface area contributed by atoms with Gasteiger partial charge in [-0.2, -0.15) is 0 Å². The lowest BCUT2D eigenvalue weighted by molar-refractivity contribution is -0.127. The number of amides is 1. The molecular weight excluding hydrogens is 368 g/mol. The molecule has 2 aliphatic rings. The average molecular weight is 399 g/mol. The monoisotopic (exact) mass is 398 g/mol. The fourth-order valence-corrected chi connectivity index (χ4v) is 4.78. The molecule has 28 heavy (non-hydrogen) atoms. The van der Waals surface area contributed by atoms with Crippen LogP contribution >= 0.6 is 12.4 Å². The first-order chi connectivity index (χ1) is 13.3. The first kappa shape index (κ1) is 20.9. The number of piperidine rings is 1. The van der Waals surface area contributed by atoms with Gasteiger partial charge in [-0.05, 0) is 36.8 Å². The minimum absolute atomic E-state index is 0. The molecule has 1 saturated heterocycles. The number of rotatable bonds is 5. The van der Waals surface area contributed by atoms with Crippen molar-refractivity contribution in [2.24, 2.45) is 0 Å². The quantitative estimate of drug-likeness (QED) is 0.791. The van der Waals surface area contributed by atoms with Gasteiger partial charge in [0.15, 0.2) is 0 Å². The summed E-state index contributed by atoms with van der Waals surface area (Å²) in [5.41, 5.74) is 2.26. The van der Waals surface area contributed by atoms with Crippen LogP contribution in [-0.2, 0) is 16.8 Å². The lowest BCUT2D eigenvalue weighted by Gasteiger charge is -2.35. The normalized spacial score (nSPS) is 19.7. The fourth-order valence-electron chi connectivity index (χ4n) is 4.78. The van der Waals surface area contributed by atoms with E-state index in [0.29, 0.717) is 6.04 Å². The van der Waals surface area contributed by atoms with E-state index in [1.807, 2.05) is 6.07 Å². The topological polar surface area (TPSA) is 32.3 Å². The average Bonchev–Trinajstić information content (AvgIpc) is 3.22. The molecule has 0 radical (unpaired) electrons. The number of hydrogen-bond acceptors (Lipinski definition) is 2. The number of carbonyl (C=O) groups excluding carboxylic acids is 1. The molecule has 0 spiro atoms. The van der Waals surface area contributed by atoms with Crippen LogP contribution in [0.2, 0.25) is 0 Å². The summed E-state index contributed by atoms with van der Waals surface area (Å²) in [5, 5.41) is 3.42. The highest BCUT2D eigenvalue weighted by Crippen LogP contribution is 2.41. The summed E-state index contributed by atoms with van der Waals surface area (Å²) in [6, 6.07) is 21.4. The number of benzene rings is 2. The smallest absolute Gasteiger partial charge is 0.230 e. The van der Waals surface area contributed by atoms with Crippen LogP contribution < -0.4 is 5.32 Å². The maximum absolute atomic E-state index is 13.3. The maximum atomic E-state index is 13.3. The summed E-state index contributed by atoms with van der Waals surface area (Å²) >= 11 is 0. The molecule has 1 aliphatic heterocycles. The zero-order valence-electron chi connectivity index (χ0n) is 16.5. The third-order valence-corrected chi connectivity index (χ3v) is 6.39. The van der Waals surface area contributed by atoms with E-state index in [-0.39, 0.29) is 23.7 Å². The maximum Gasteiger partial charge on any atom is 0.230 e. The van der Waals surface area contributed by atoms with Gasteiger partial charge in [-0.1, -0.05) is 73.5 Å². The number of halogens is 1. The molecule has 2 fully saturated rings. The lowest BCUT2D eigenvalue weighted by Crippen LogP contribution is -2.50. The van der Waals surface area contributed by atoms with Crippen molar-refractivity contribution >= 4 is 18.3 Å². The summed E-state index contributed by atoms with van der Waals surface area (Å²) in [6.07, 6.45) is 6.36. The molecule has 4 heteroatoms. The van der Waals surface area contributed by atoms with Gasteiger partial charge >= 0.3 is 0 Å². The first-order valence-electron chi connectivity index (χ1n) is 10.4. The standard InChI is InChI=1S/C24H30N2O.ClH/c27-23(24(15-7-8-16-24)21-11-5-2-6-12-21)25-22-13-17-26(18-14-22)19-20-9-3-1-4-10-20;/h1-6,9-12,22H,7-8,13-19H2,(H,25,27);1H. The van der Waals surface area contributed by atoms with E-state index in [1.54, 1.807) is 0 Å². The zero-order chi connectivity index (χ0) is 18.5. The lowest BCUT2D eigenvalue weighted by atomic mass is 9.77. The molecule has 2 aromatic carbocycles. The molecular formula is C24H31ClN2O. The van der Waals surface area contributed by atoms with Crippen molar-refractivity contribution in [2.45, 2.75) is 56.5 Å². The number of nitrogens with zero attached hydrogens (tertiary/aromatic N) is 1. The second-order valence-corrected chi connectivity index (χ2v) is 8.16. The summed E-state index contributed by atoms with van der Waals surface area (Å²) in [7, 11) is 0. The van der Waals surface area contributed by atoms with E-state index >= 15 is 0 Å². The summed E-state index contributed by atoms with van der Waals surface area (Å²) in [5.74, 6) is 0.257. The van der Waals surface area contributed by atoms with Gasteiger partial charge in [-0.3, -0.25) is 9.69 Å². The van der Waals surface area contributed by atoms with Gasteiger partial charge in [-0.15, -0.1) is 12.4 Å². The largest absolute Gasteiger partial charge is 0.353 e. The molecule has 1 aliphatic carbocycles. The van der Waals surface area contributed by atoms with Crippen LogP contribution in [0.3, 0.4) is 0 Å². The molecule has 1 saturated carbocycles. The SMILES string of the molecule is Cl.O=C(NC1CCN(Cc2ccccc2)CC1)C1(c2ccccc2)CCCC1. The number of nitrogens with one attached hydrogen (secondary N) is 1. The van der Waals surface area contributed by atoms with E-state index in [2.05, 4.69) is 64.8 Å². The molecule has 1 heterocycles. The number of carbonyl (C=O) groups is 1. The number of hydrogen-bond donors (Lipinski definition) is 1. The van der Waals surface area contributed by atoms with Crippen molar-refractivity contribution in [1.82, 2.24) is 10.2 Å². The van der Waals surface area contributed by atoms with Crippen LogP contribution in [0.4, 0.5) is 0 Å². The third-order valence-electron chi connectivity index (χ3n) is 6.39. The van der Waals surface area contributed by atoms with E-state index in [0.717, 1.165) is 58.2 Å². The Balaban J connectivity index is 0.00000225. The van der Waals surface area contributed by atoms with Crippen molar-refractivity contribution in [1.29, 1.82) is 0 Å². The van der Waals surface area contributed by atoms with E-state index in [4.69, 9.17) is 0 Å². The summed E-state index contributed by atoms with van der Waals surface area (Å²) in [4.78, 5) is 15.8. The second kappa shape index (κ2) is 9.58. The van der Waals surface area contributed by atoms with Crippen molar-refractivity contribution in [2.75, 3.05) is 13.1 Å². The van der Waals surface area contributed by atoms with Crippen molar-refractivity contribution < 1.29 is 4.79 Å². The first-order valence-corrected chi connectivity index (χ1v) is 10.4. The molecule has 0 bridgehead atoms. The highest BCUT2D eigenvalue weighted by atomic mass is 35.5. The van der Waals surface area contributed by atoms with Crippen LogP contribution in [-0.4, -0.2) is 29.9 Å². The van der Waals surface area contributed by atoms with Crippen LogP contribution in [0.15, 0.2) is 60.7 Å². The number of likely N-dealkylation sites (tertiary alicyclic amines) is 1. The summed E-state index contributed by atoms with van der Waals surface area (Å²) in [6.45, 7) is 3.12. The van der Waals surface area contributed by atoms with E-state index in [1.165, 1.54) is 11.1 Å². The molecule has 0 atom stereocenters. The van der Waals surface area contributed by atoms with Gasteiger partial charge < -0.3 is 5.32 Å². The molecule has 2 aromatic rings. The molecule has 1 N–H and O–H groups in total. The van der Waals surface area contributed by atoms with Crippen LogP contribution in [0.25, 0.3) is 0 Å². The Morgan fingerprint density at radius 2 is 1.50 bits per heavy atom. The van der Waals surface area contributed by atoms with Gasteiger partial charge in [0.1, 0.15) is 0 Å². The predicted octanol–water partition coefficient (Wildman–Crippen LogP) is 4.70. The van der Waals surface area contributed by atoms with Gasteiger partial charge in [0.2, 0.25) is 5.91 Å². The van der Waals surface area contributed by atoms with E-state index < -0.39 is 0 Å². The van der Waals surface area contributed by atoms with Gasteiger partial charge in [0.05, 0.1) is 5.41 Å². The predicted molar refractivity (Wildman–Crippen MR) is 117 cm³/mol. The Hall–Kier alpha value is -1.84. The van der Waals surface area contributed by atoms with Crippen LogP contribution in [0.5, 0.6) is 0 Å². The zero-order valence-corrected chi connectivity index (χ0v) is 17.3. The molecule has 0 unspecified atom stereocenters. The summed E-state index contributed by atoms with van der Waals surface area (Å²) < 4.78 is 0. The van der Waals surface area contributed by atoms with Gasteiger partial charge in [0.25, 0.3) is 0 Å². The Kier molecular flexibility index (Phi) is 7.14. The molecule has 150 valence electrons.